The van der Waals surface area contributed by atoms with Gasteiger partial charge in [0.25, 0.3) is 5.91 Å². The third-order valence-corrected chi connectivity index (χ3v) is 3.50. The second-order valence-corrected chi connectivity index (χ2v) is 4.65. The molecule has 0 saturated carbocycles. The Morgan fingerprint density at radius 2 is 1.94 bits per heavy atom. The van der Waals surface area contributed by atoms with E-state index in [0.29, 0.717) is 11.5 Å². The number of carbonyl (C=O) groups is 1. The molecule has 0 radical (unpaired) electrons. The third kappa shape index (κ3) is 2.82. The number of rotatable bonds is 3. The van der Waals surface area contributed by atoms with Crippen molar-refractivity contribution in [1.82, 2.24) is 4.90 Å². The molecule has 0 spiro atoms. The highest BCUT2D eigenvalue weighted by atomic mass is 16.5. The highest BCUT2D eigenvalue weighted by Gasteiger charge is 2.22. The Balaban J connectivity index is 1.98. The molecule has 1 fully saturated rings. The van der Waals surface area contributed by atoms with Crippen molar-refractivity contribution in [2.75, 3.05) is 26.8 Å². The zero-order chi connectivity index (χ0) is 13.0. The summed E-state index contributed by atoms with van der Waals surface area (Å²) >= 11 is 0. The first-order chi connectivity index (χ1) is 8.74. The van der Waals surface area contributed by atoms with Crippen molar-refractivity contribution >= 4 is 5.91 Å². The average Bonchev–Trinajstić information content (AvgIpc) is 2.47. The molecule has 4 heteroatoms. The lowest BCUT2D eigenvalue weighted by Crippen LogP contribution is -2.39. The minimum Gasteiger partial charge on any atom is -0.497 e. The van der Waals surface area contributed by atoms with Crippen LogP contribution in [-0.4, -0.2) is 42.7 Å². The Bertz CT molecular complexity index is 394. The first-order valence-electron chi connectivity index (χ1n) is 6.28. The number of aliphatic hydroxyl groups is 1. The first-order valence-corrected chi connectivity index (χ1v) is 6.28. The van der Waals surface area contributed by atoms with Crippen LogP contribution in [0.25, 0.3) is 0 Å². The van der Waals surface area contributed by atoms with Crippen molar-refractivity contribution in [2.24, 2.45) is 5.92 Å². The summed E-state index contributed by atoms with van der Waals surface area (Å²) in [5.41, 5.74) is 0.693. The normalized spacial score (nSPS) is 16.7. The Kier molecular flexibility index (Phi) is 4.20. The molecule has 1 aliphatic heterocycles. The number of benzene rings is 1. The van der Waals surface area contributed by atoms with Gasteiger partial charge in [0.1, 0.15) is 5.75 Å². The molecule has 0 atom stereocenters. The number of ether oxygens (including phenoxy) is 1. The first kappa shape index (κ1) is 12.9. The van der Waals surface area contributed by atoms with Crippen molar-refractivity contribution in [3.63, 3.8) is 0 Å². The number of likely N-dealkylation sites (tertiary alicyclic amines) is 1. The predicted molar refractivity (Wildman–Crippen MR) is 68.7 cm³/mol. The van der Waals surface area contributed by atoms with Crippen LogP contribution in [0.15, 0.2) is 24.3 Å². The summed E-state index contributed by atoms with van der Waals surface area (Å²) in [6.07, 6.45) is 1.77. The Hall–Kier alpha value is -1.55. The maximum atomic E-state index is 12.2. The minimum atomic E-state index is 0.0639. The van der Waals surface area contributed by atoms with Crippen molar-refractivity contribution in [3.8, 4) is 5.75 Å². The Labute approximate surface area is 107 Å². The molecule has 18 heavy (non-hydrogen) atoms. The van der Waals surface area contributed by atoms with E-state index in [1.807, 2.05) is 4.90 Å². The van der Waals surface area contributed by atoms with Crippen LogP contribution >= 0.6 is 0 Å². The van der Waals surface area contributed by atoms with E-state index in [4.69, 9.17) is 9.84 Å². The molecule has 0 aliphatic carbocycles. The van der Waals surface area contributed by atoms with Gasteiger partial charge >= 0.3 is 0 Å². The van der Waals surface area contributed by atoms with E-state index in [1.54, 1.807) is 31.4 Å². The molecule has 1 saturated heterocycles. The maximum Gasteiger partial charge on any atom is 0.253 e. The summed E-state index contributed by atoms with van der Waals surface area (Å²) in [7, 11) is 1.61. The van der Waals surface area contributed by atoms with E-state index in [-0.39, 0.29) is 12.5 Å². The van der Waals surface area contributed by atoms with Gasteiger partial charge in [0.2, 0.25) is 0 Å². The van der Waals surface area contributed by atoms with Gasteiger partial charge in [0, 0.05) is 25.3 Å². The van der Waals surface area contributed by atoms with Crippen molar-refractivity contribution in [2.45, 2.75) is 12.8 Å². The van der Waals surface area contributed by atoms with E-state index >= 15 is 0 Å². The molecule has 1 aliphatic rings. The molecule has 1 amide bonds. The molecule has 2 rings (SSSR count). The Morgan fingerprint density at radius 3 is 2.44 bits per heavy atom. The fourth-order valence-corrected chi connectivity index (χ4v) is 2.23. The molecule has 0 unspecified atom stereocenters. The molecule has 4 nitrogen and oxygen atoms in total. The van der Waals surface area contributed by atoms with Crippen molar-refractivity contribution in [3.05, 3.63) is 29.8 Å². The van der Waals surface area contributed by atoms with Crippen LogP contribution in [0.2, 0.25) is 0 Å². The number of piperidine rings is 1. The molecule has 0 aromatic heterocycles. The van der Waals surface area contributed by atoms with Crippen LogP contribution in [0.4, 0.5) is 0 Å². The van der Waals surface area contributed by atoms with E-state index in [0.717, 1.165) is 31.7 Å². The van der Waals surface area contributed by atoms with Crippen LogP contribution in [0, 0.1) is 5.92 Å². The van der Waals surface area contributed by atoms with Crippen LogP contribution in [0.1, 0.15) is 23.2 Å². The fourth-order valence-electron chi connectivity index (χ4n) is 2.23. The zero-order valence-corrected chi connectivity index (χ0v) is 10.6. The standard InChI is InChI=1S/C14H19NO3/c1-18-13-4-2-12(3-5-13)14(17)15-8-6-11(10-16)7-9-15/h2-5,11,16H,6-10H2,1H3. The third-order valence-electron chi connectivity index (χ3n) is 3.50. The number of methoxy groups -OCH3 is 1. The fraction of sp³-hybridized carbons (Fsp3) is 0.500. The smallest absolute Gasteiger partial charge is 0.253 e. The minimum absolute atomic E-state index is 0.0639. The van der Waals surface area contributed by atoms with Gasteiger partial charge in [-0.05, 0) is 43.0 Å². The number of carbonyl (C=O) groups excluding carboxylic acids is 1. The monoisotopic (exact) mass is 249 g/mol. The van der Waals surface area contributed by atoms with Crippen LogP contribution < -0.4 is 4.74 Å². The summed E-state index contributed by atoms with van der Waals surface area (Å²) in [5.74, 6) is 1.17. The second-order valence-electron chi connectivity index (χ2n) is 4.65. The molecule has 0 bridgehead atoms. The highest BCUT2D eigenvalue weighted by molar-refractivity contribution is 5.94. The summed E-state index contributed by atoms with van der Waals surface area (Å²) in [5, 5.41) is 9.07. The molecule has 1 aromatic carbocycles. The predicted octanol–water partition coefficient (Wildman–Crippen LogP) is 1.54. The zero-order valence-electron chi connectivity index (χ0n) is 10.6. The quantitative estimate of drug-likeness (QED) is 0.884. The van der Waals surface area contributed by atoms with E-state index < -0.39 is 0 Å². The molecule has 1 heterocycles. The van der Waals surface area contributed by atoms with Crippen molar-refractivity contribution < 1.29 is 14.6 Å². The van der Waals surface area contributed by atoms with E-state index in [1.165, 1.54) is 0 Å². The van der Waals surface area contributed by atoms with Gasteiger partial charge in [-0.3, -0.25) is 4.79 Å². The number of aliphatic hydroxyl groups excluding tert-OH is 1. The number of hydrogen-bond donors (Lipinski definition) is 1. The van der Waals surface area contributed by atoms with E-state index in [9.17, 15) is 4.79 Å². The molecular weight excluding hydrogens is 230 g/mol. The van der Waals surface area contributed by atoms with Gasteiger partial charge < -0.3 is 14.7 Å². The van der Waals surface area contributed by atoms with Gasteiger partial charge in [-0.2, -0.15) is 0 Å². The van der Waals surface area contributed by atoms with Gasteiger partial charge in [-0.25, -0.2) is 0 Å². The average molecular weight is 249 g/mol. The van der Waals surface area contributed by atoms with Gasteiger partial charge in [0.05, 0.1) is 7.11 Å². The van der Waals surface area contributed by atoms with Crippen LogP contribution in [0.3, 0.4) is 0 Å². The van der Waals surface area contributed by atoms with Gasteiger partial charge in [-0.15, -0.1) is 0 Å². The lowest BCUT2D eigenvalue weighted by atomic mass is 9.97. The lowest BCUT2D eigenvalue weighted by molar-refractivity contribution is 0.0651. The topological polar surface area (TPSA) is 49.8 Å². The molecule has 98 valence electrons. The Morgan fingerprint density at radius 1 is 1.33 bits per heavy atom. The maximum absolute atomic E-state index is 12.2. The molecule has 1 N–H and O–H groups in total. The van der Waals surface area contributed by atoms with Crippen molar-refractivity contribution in [1.29, 1.82) is 0 Å². The van der Waals surface area contributed by atoms with Crippen LogP contribution in [0.5, 0.6) is 5.75 Å². The highest BCUT2D eigenvalue weighted by Crippen LogP contribution is 2.19. The molecule has 1 aromatic rings. The SMILES string of the molecule is COc1ccc(C(=O)N2CCC(CO)CC2)cc1. The lowest BCUT2D eigenvalue weighted by Gasteiger charge is -2.31. The van der Waals surface area contributed by atoms with E-state index in [2.05, 4.69) is 0 Å². The largest absolute Gasteiger partial charge is 0.497 e. The summed E-state index contributed by atoms with van der Waals surface area (Å²) in [6, 6.07) is 7.18. The molecular formula is C14H19NO3. The summed E-state index contributed by atoms with van der Waals surface area (Å²) in [6.45, 7) is 1.69. The number of hydrogen-bond acceptors (Lipinski definition) is 3. The number of amides is 1. The van der Waals surface area contributed by atoms with Crippen LogP contribution in [-0.2, 0) is 0 Å². The second kappa shape index (κ2) is 5.87. The summed E-state index contributed by atoms with van der Waals surface area (Å²) in [4.78, 5) is 14.1. The summed E-state index contributed by atoms with van der Waals surface area (Å²) < 4.78 is 5.07. The van der Waals surface area contributed by atoms with Gasteiger partial charge in [-0.1, -0.05) is 0 Å². The van der Waals surface area contributed by atoms with Gasteiger partial charge in [0.15, 0.2) is 0 Å². The number of nitrogens with zero attached hydrogens (tertiary/aromatic N) is 1.